The van der Waals surface area contributed by atoms with Crippen molar-refractivity contribution in [2.24, 2.45) is 0 Å². The van der Waals surface area contributed by atoms with E-state index in [-0.39, 0.29) is 11.8 Å². The Balaban J connectivity index is 1.63. The molecule has 0 atom stereocenters. The normalized spacial score (nSPS) is 10.6. The zero-order valence-corrected chi connectivity index (χ0v) is 16.2. The summed E-state index contributed by atoms with van der Waals surface area (Å²) in [6, 6.07) is 21.9. The molecule has 0 unspecified atom stereocenters. The first-order valence-electron chi connectivity index (χ1n) is 9.78. The Hall–Kier alpha value is -3.14. The number of amides is 2. The summed E-state index contributed by atoms with van der Waals surface area (Å²) in [6.45, 7) is 2.57. The van der Waals surface area contributed by atoms with Crippen LogP contribution in [-0.2, 0) is 22.4 Å². The smallest absolute Gasteiger partial charge is 0.224 e. The van der Waals surface area contributed by atoms with Gasteiger partial charge in [0, 0.05) is 18.7 Å². The molecule has 0 aromatic heterocycles. The summed E-state index contributed by atoms with van der Waals surface area (Å²) in [7, 11) is 0. The van der Waals surface area contributed by atoms with Crippen molar-refractivity contribution in [2.75, 3.05) is 11.9 Å². The molecular weight excluding hydrogens is 348 g/mol. The van der Waals surface area contributed by atoms with Crippen molar-refractivity contribution in [1.82, 2.24) is 5.32 Å². The lowest BCUT2D eigenvalue weighted by Crippen LogP contribution is -2.27. The molecule has 2 amide bonds. The minimum Gasteiger partial charge on any atom is -0.355 e. The summed E-state index contributed by atoms with van der Waals surface area (Å²) in [4.78, 5) is 24.0. The number of rotatable bonds is 8. The van der Waals surface area contributed by atoms with Gasteiger partial charge in [-0.3, -0.25) is 9.59 Å². The number of hydrogen-bond donors (Lipinski definition) is 2. The topological polar surface area (TPSA) is 58.2 Å². The van der Waals surface area contributed by atoms with E-state index >= 15 is 0 Å². The van der Waals surface area contributed by atoms with Crippen LogP contribution in [0.2, 0.25) is 0 Å². The van der Waals surface area contributed by atoms with Gasteiger partial charge in [0.05, 0.1) is 6.42 Å². The van der Waals surface area contributed by atoms with E-state index in [0.717, 1.165) is 40.4 Å². The molecule has 0 saturated carbocycles. The molecule has 3 aromatic carbocycles. The molecule has 28 heavy (non-hydrogen) atoms. The Kier molecular flexibility index (Phi) is 6.79. The summed E-state index contributed by atoms with van der Waals surface area (Å²) >= 11 is 0. The van der Waals surface area contributed by atoms with Gasteiger partial charge in [0.2, 0.25) is 11.8 Å². The fraction of sp³-hybridized carbons (Fsp3) is 0.250. The molecule has 2 N–H and O–H groups in total. The molecule has 0 radical (unpaired) electrons. The van der Waals surface area contributed by atoms with Crippen LogP contribution in [0.1, 0.15) is 30.9 Å². The minimum atomic E-state index is 0.0268. The fourth-order valence-electron chi connectivity index (χ4n) is 3.26. The van der Waals surface area contributed by atoms with E-state index in [2.05, 4.69) is 22.8 Å². The second-order valence-corrected chi connectivity index (χ2v) is 6.91. The minimum absolute atomic E-state index is 0.0268. The molecule has 0 spiro atoms. The van der Waals surface area contributed by atoms with Crippen molar-refractivity contribution >= 4 is 28.3 Å². The molecule has 4 nitrogen and oxygen atoms in total. The zero-order chi connectivity index (χ0) is 19.8. The van der Waals surface area contributed by atoms with E-state index in [0.29, 0.717) is 19.4 Å². The van der Waals surface area contributed by atoms with Gasteiger partial charge in [-0.15, -0.1) is 0 Å². The quantitative estimate of drug-likeness (QED) is 0.611. The number of nitrogens with one attached hydrogen (secondary N) is 2. The highest BCUT2D eigenvalue weighted by molar-refractivity contribution is 5.95. The van der Waals surface area contributed by atoms with Crippen LogP contribution in [0, 0.1) is 0 Å². The maximum absolute atomic E-state index is 12.1. The molecule has 3 aromatic rings. The third kappa shape index (κ3) is 5.43. The zero-order valence-electron chi connectivity index (χ0n) is 16.2. The van der Waals surface area contributed by atoms with Crippen molar-refractivity contribution in [3.05, 3.63) is 77.9 Å². The van der Waals surface area contributed by atoms with Crippen LogP contribution in [0.25, 0.3) is 10.8 Å². The van der Waals surface area contributed by atoms with E-state index < -0.39 is 0 Å². The maximum Gasteiger partial charge on any atom is 0.224 e. The van der Waals surface area contributed by atoms with E-state index in [1.807, 2.05) is 61.5 Å². The Morgan fingerprint density at radius 1 is 0.893 bits per heavy atom. The van der Waals surface area contributed by atoms with Crippen LogP contribution in [0.15, 0.2) is 66.7 Å². The predicted molar refractivity (Wildman–Crippen MR) is 114 cm³/mol. The lowest BCUT2D eigenvalue weighted by atomic mass is 10.0. The van der Waals surface area contributed by atoms with Crippen molar-refractivity contribution in [1.29, 1.82) is 0 Å². The number of carbonyl (C=O) groups is 2. The maximum atomic E-state index is 12.1. The van der Waals surface area contributed by atoms with Gasteiger partial charge in [-0.05, 0) is 46.9 Å². The van der Waals surface area contributed by atoms with Crippen LogP contribution in [-0.4, -0.2) is 18.4 Å². The first kappa shape index (κ1) is 19.6. The third-order valence-corrected chi connectivity index (χ3v) is 4.66. The SMILES string of the molecule is CCCC(=O)Nc1ccc2cccc(CCNC(=O)Cc3ccccc3)c2c1. The van der Waals surface area contributed by atoms with Gasteiger partial charge in [0.15, 0.2) is 0 Å². The molecule has 0 heterocycles. The standard InChI is InChI=1S/C24H26N2O2/c1-2-7-23(27)26-21-13-12-19-10-6-11-20(22(19)17-21)14-15-25-24(28)16-18-8-4-3-5-9-18/h3-6,8-13,17H,2,7,14-16H2,1H3,(H,25,28)(H,26,27). The highest BCUT2D eigenvalue weighted by Crippen LogP contribution is 2.23. The van der Waals surface area contributed by atoms with Crippen molar-refractivity contribution in [2.45, 2.75) is 32.6 Å². The van der Waals surface area contributed by atoms with Gasteiger partial charge >= 0.3 is 0 Å². The van der Waals surface area contributed by atoms with Gasteiger partial charge in [0.25, 0.3) is 0 Å². The van der Waals surface area contributed by atoms with Gasteiger partial charge in [-0.1, -0.05) is 61.5 Å². The average Bonchev–Trinajstić information content (AvgIpc) is 2.69. The monoisotopic (exact) mass is 374 g/mol. The van der Waals surface area contributed by atoms with Crippen LogP contribution in [0.5, 0.6) is 0 Å². The second kappa shape index (κ2) is 9.70. The summed E-state index contributed by atoms with van der Waals surface area (Å²) in [6.07, 6.45) is 2.48. The summed E-state index contributed by atoms with van der Waals surface area (Å²) in [5.74, 6) is 0.0615. The first-order chi connectivity index (χ1) is 13.7. The lowest BCUT2D eigenvalue weighted by molar-refractivity contribution is -0.120. The first-order valence-corrected chi connectivity index (χ1v) is 9.78. The van der Waals surface area contributed by atoms with Gasteiger partial charge in [0.1, 0.15) is 0 Å². The van der Waals surface area contributed by atoms with Crippen molar-refractivity contribution in [3.8, 4) is 0 Å². The average molecular weight is 374 g/mol. The van der Waals surface area contributed by atoms with E-state index in [9.17, 15) is 9.59 Å². The third-order valence-electron chi connectivity index (χ3n) is 4.66. The molecule has 0 fully saturated rings. The predicted octanol–water partition coefficient (Wildman–Crippen LogP) is 4.48. The molecule has 3 rings (SSSR count). The fourth-order valence-corrected chi connectivity index (χ4v) is 3.26. The molecule has 0 bridgehead atoms. The van der Waals surface area contributed by atoms with E-state index in [4.69, 9.17) is 0 Å². The van der Waals surface area contributed by atoms with Crippen LogP contribution in [0.3, 0.4) is 0 Å². The van der Waals surface area contributed by atoms with Crippen LogP contribution >= 0.6 is 0 Å². The molecule has 4 heteroatoms. The highest BCUT2D eigenvalue weighted by Gasteiger charge is 2.07. The number of benzene rings is 3. The lowest BCUT2D eigenvalue weighted by Gasteiger charge is -2.11. The summed E-state index contributed by atoms with van der Waals surface area (Å²) < 4.78 is 0. The molecule has 144 valence electrons. The van der Waals surface area contributed by atoms with Gasteiger partial charge in [-0.25, -0.2) is 0 Å². The molecule has 0 aliphatic heterocycles. The number of hydrogen-bond acceptors (Lipinski definition) is 2. The Morgan fingerprint density at radius 3 is 2.50 bits per heavy atom. The number of fused-ring (bicyclic) bond motifs is 1. The van der Waals surface area contributed by atoms with Gasteiger partial charge in [-0.2, -0.15) is 0 Å². The van der Waals surface area contributed by atoms with E-state index in [1.54, 1.807) is 0 Å². The second-order valence-electron chi connectivity index (χ2n) is 6.91. The number of anilines is 1. The molecular formula is C24H26N2O2. The van der Waals surface area contributed by atoms with Crippen LogP contribution < -0.4 is 10.6 Å². The Labute approximate surface area is 166 Å². The molecule has 0 aliphatic rings. The number of carbonyl (C=O) groups excluding carboxylic acids is 2. The van der Waals surface area contributed by atoms with Crippen LogP contribution in [0.4, 0.5) is 5.69 Å². The highest BCUT2D eigenvalue weighted by atomic mass is 16.2. The van der Waals surface area contributed by atoms with Crippen molar-refractivity contribution in [3.63, 3.8) is 0 Å². The summed E-state index contributed by atoms with van der Waals surface area (Å²) in [5.41, 5.74) is 2.98. The molecule has 0 saturated heterocycles. The van der Waals surface area contributed by atoms with Gasteiger partial charge < -0.3 is 10.6 Å². The summed E-state index contributed by atoms with van der Waals surface area (Å²) in [5, 5.41) is 8.19. The Bertz CT molecular complexity index is 951. The molecule has 0 aliphatic carbocycles. The largest absolute Gasteiger partial charge is 0.355 e. The van der Waals surface area contributed by atoms with Crippen molar-refractivity contribution < 1.29 is 9.59 Å². The Morgan fingerprint density at radius 2 is 1.71 bits per heavy atom. The van der Waals surface area contributed by atoms with E-state index in [1.165, 1.54) is 0 Å².